The highest BCUT2D eigenvalue weighted by atomic mass is 32.2. The molecule has 2 N–H and O–H groups in total. The van der Waals surface area contributed by atoms with Gasteiger partial charge in [0, 0.05) is 11.3 Å². The Morgan fingerprint density at radius 2 is 1.85 bits per heavy atom. The van der Waals surface area contributed by atoms with E-state index in [2.05, 4.69) is 27.4 Å². The molecule has 3 rings (SSSR count). The van der Waals surface area contributed by atoms with Crippen LogP contribution in [0.2, 0.25) is 0 Å². The molecule has 0 saturated heterocycles. The molecule has 0 bridgehead atoms. The molecule has 0 spiro atoms. The van der Waals surface area contributed by atoms with Crippen molar-refractivity contribution in [1.82, 2.24) is 15.2 Å². The van der Waals surface area contributed by atoms with E-state index in [4.69, 9.17) is 0 Å². The number of carbonyl (C=O) groups is 1. The van der Waals surface area contributed by atoms with Gasteiger partial charge in [-0.15, -0.1) is 5.10 Å². The van der Waals surface area contributed by atoms with Crippen LogP contribution in [0.5, 0.6) is 0 Å². The second-order valence-electron chi connectivity index (χ2n) is 6.13. The predicted molar refractivity (Wildman–Crippen MR) is 106 cm³/mol. The fourth-order valence-electron chi connectivity index (χ4n) is 2.42. The molecular weight excluding hydrogens is 344 g/mol. The van der Waals surface area contributed by atoms with Gasteiger partial charge in [0.25, 0.3) is 0 Å². The molecule has 6 heteroatoms. The van der Waals surface area contributed by atoms with E-state index in [9.17, 15) is 4.79 Å². The molecule has 0 aliphatic heterocycles. The van der Waals surface area contributed by atoms with Gasteiger partial charge in [0.1, 0.15) is 0 Å². The molecule has 134 valence electrons. The number of nitrogens with one attached hydrogen (secondary N) is 2. The molecule has 0 fully saturated rings. The first-order valence-corrected chi connectivity index (χ1v) is 9.49. The Kier molecular flexibility index (Phi) is 5.73. The summed E-state index contributed by atoms with van der Waals surface area (Å²) in [5, 5.41) is 10.3. The molecule has 1 unspecified atom stereocenters. The van der Waals surface area contributed by atoms with Gasteiger partial charge in [-0.25, -0.2) is 4.98 Å². The summed E-state index contributed by atoms with van der Waals surface area (Å²) in [6.45, 7) is 6.00. The molecule has 5 nitrogen and oxygen atoms in total. The van der Waals surface area contributed by atoms with Crippen LogP contribution in [0.4, 0.5) is 5.69 Å². The van der Waals surface area contributed by atoms with E-state index >= 15 is 0 Å². The van der Waals surface area contributed by atoms with Crippen LogP contribution in [-0.4, -0.2) is 26.3 Å². The summed E-state index contributed by atoms with van der Waals surface area (Å²) in [6, 6.07) is 16.0. The van der Waals surface area contributed by atoms with Gasteiger partial charge >= 0.3 is 0 Å². The molecular formula is C20H22N4OS. The van der Waals surface area contributed by atoms with Crippen LogP contribution in [0.1, 0.15) is 25.0 Å². The number of anilines is 1. The Labute approximate surface area is 157 Å². The van der Waals surface area contributed by atoms with Crippen molar-refractivity contribution in [3.8, 4) is 11.4 Å². The number of thioether (sulfide) groups is 1. The van der Waals surface area contributed by atoms with Crippen molar-refractivity contribution in [2.24, 2.45) is 0 Å². The molecule has 26 heavy (non-hydrogen) atoms. The van der Waals surface area contributed by atoms with Crippen molar-refractivity contribution in [3.05, 3.63) is 59.7 Å². The minimum atomic E-state index is -0.303. The molecule has 1 amide bonds. The smallest absolute Gasteiger partial charge is 0.237 e. The van der Waals surface area contributed by atoms with E-state index in [0.29, 0.717) is 11.0 Å². The SMILES string of the molecule is CCc1ccc(NC(=O)C(C)Sc2n[nH]c(-c3ccc(C)cc3)n2)cc1. The maximum atomic E-state index is 12.4. The van der Waals surface area contributed by atoms with Crippen LogP contribution in [-0.2, 0) is 11.2 Å². The number of aryl methyl sites for hydroxylation is 2. The van der Waals surface area contributed by atoms with Crippen LogP contribution < -0.4 is 5.32 Å². The lowest BCUT2D eigenvalue weighted by Crippen LogP contribution is -2.22. The molecule has 2 aromatic carbocycles. The van der Waals surface area contributed by atoms with Crippen LogP contribution in [0.3, 0.4) is 0 Å². The standard InChI is InChI=1S/C20H22N4OS/c1-4-15-7-11-17(12-8-15)21-19(25)14(3)26-20-22-18(23-24-20)16-9-5-13(2)6-10-16/h5-12,14H,4H2,1-3H3,(H,21,25)(H,22,23,24). The zero-order valence-corrected chi connectivity index (χ0v) is 15.9. The van der Waals surface area contributed by atoms with Crippen molar-refractivity contribution in [3.63, 3.8) is 0 Å². The maximum absolute atomic E-state index is 12.4. The highest BCUT2D eigenvalue weighted by molar-refractivity contribution is 8.00. The zero-order chi connectivity index (χ0) is 18.5. The third-order valence-corrected chi connectivity index (χ3v) is 5.03. The number of aromatic amines is 1. The summed E-state index contributed by atoms with van der Waals surface area (Å²) >= 11 is 1.33. The van der Waals surface area contributed by atoms with Gasteiger partial charge in [0.15, 0.2) is 5.82 Å². The largest absolute Gasteiger partial charge is 0.325 e. The van der Waals surface area contributed by atoms with E-state index in [-0.39, 0.29) is 11.2 Å². The van der Waals surface area contributed by atoms with Crippen LogP contribution in [0.25, 0.3) is 11.4 Å². The predicted octanol–water partition coefficient (Wildman–Crippen LogP) is 4.46. The first-order chi connectivity index (χ1) is 12.5. The van der Waals surface area contributed by atoms with Crippen molar-refractivity contribution < 1.29 is 4.79 Å². The Morgan fingerprint density at radius 3 is 2.50 bits per heavy atom. The lowest BCUT2D eigenvalue weighted by atomic mass is 10.1. The molecule has 1 aromatic heterocycles. The van der Waals surface area contributed by atoms with Gasteiger partial charge < -0.3 is 5.32 Å². The molecule has 1 atom stereocenters. The van der Waals surface area contributed by atoms with Gasteiger partial charge in [-0.05, 0) is 38.0 Å². The molecule has 0 radical (unpaired) electrons. The summed E-state index contributed by atoms with van der Waals surface area (Å²) < 4.78 is 0. The third-order valence-electron chi connectivity index (χ3n) is 4.07. The highest BCUT2D eigenvalue weighted by Gasteiger charge is 2.17. The number of amides is 1. The summed E-state index contributed by atoms with van der Waals surface area (Å²) in [5.41, 5.74) is 4.22. The average Bonchev–Trinajstić information content (AvgIpc) is 3.11. The number of carbonyl (C=O) groups excluding carboxylic acids is 1. The monoisotopic (exact) mass is 366 g/mol. The Balaban J connectivity index is 1.61. The summed E-state index contributed by atoms with van der Waals surface area (Å²) in [7, 11) is 0. The lowest BCUT2D eigenvalue weighted by Gasteiger charge is -2.10. The van der Waals surface area contributed by atoms with Gasteiger partial charge in [-0.1, -0.05) is 60.6 Å². The molecule has 0 aliphatic carbocycles. The number of H-pyrrole nitrogens is 1. The number of benzene rings is 2. The lowest BCUT2D eigenvalue weighted by molar-refractivity contribution is -0.115. The number of hydrogen-bond acceptors (Lipinski definition) is 4. The van der Waals surface area contributed by atoms with Crippen molar-refractivity contribution in [1.29, 1.82) is 0 Å². The van der Waals surface area contributed by atoms with Gasteiger partial charge in [0.2, 0.25) is 11.1 Å². The van der Waals surface area contributed by atoms with Crippen molar-refractivity contribution in [2.45, 2.75) is 37.6 Å². The van der Waals surface area contributed by atoms with Gasteiger partial charge in [0.05, 0.1) is 5.25 Å². The second-order valence-corrected chi connectivity index (χ2v) is 7.44. The third kappa shape index (κ3) is 4.52. The maximum Gasteiger partial charge on any atom is 0.237 e. The minimum Gasteiger partial charge on any atom is -0.325 e. The first-order valence-electron chi connectivity index (χ1n) is 8.61. The average molecular weight is 366 g/mol. The van der Waals surface area contributed by atoms with E-state index < -0.39 is 0 Å². The Bertz CT molecular complexity index is 872. The van der Waals surface area contributed by atoms with Crippen LogP contribution in [0.15, 0.2) is 53.7 Å². The van der Waals surface area contributed by atoms with E-state index in [1.807, 2.05) is 62.4 Å². The Morgan fingerprint density at radius 1 is 1.15 bits per heavy atom. The number of aromatic nitrogens is 3. The first kappa shape index (κ1) is 18.2. The second kappa shape index (κ2) is 8.19. The van der Waals surface area contributed by atoms with Gasteiger partial charge in [-0.3, -0.25) is 9.89 Å². The van der Waals surface area contributed by atoms with Crippen molar-refractivity contribution in [2.75, 3.05) is 5.32 Å². The molecule has 1 heterocycles. The van der Waals surface area contributed by atoms with Crippen LogP contribution in [0, 0.1) is 6.92 Å². The van der Waals surface area contributed by atoms with E-state index in [1.54, 1.807) is 0 Å². The molecule has 0 aliphatic rings. The topological polar surface area (TPSA) is 70.7 Å². The van der Waals surface area contributed by atoms with Gasteiger partial charge in [-0.2, -0.15) is 0 Å². The Hall–Kier alpha value is -2.60. The van der Waals surface area contributed by atoms with Crippen molar-refractivity contribution >= 4 is 23.4 Å². The highest BCUT2D eigenvalue weighted by Crippen LogP contribution is 2.24. The molecule has 3 aromatic rings. The summed E-state index contributed by atoms with van der Waals surface area (Å²) in [6.07, 6.45) is 0.981. The zero-order valence-electron chi connectivity index (χ0n) is 15.1. The fourth-order valence-corrected chi connectivity index (χ4v) is 3.14. The number of nitrogens with zero attached hydrogens (tertiary/aromatic N) is 2. The quantitative estimate of drug-likeness (QED) is 0.632. The fraction of sp³-hybridized carbons (Fsp3) is 0.250. The minimum absolute atomic E-state index is 0.0686. The number of rotatable bonds is 6. The molecule has 0 saturated carbocycles. The summed E-state index contributed by atoms with van der Waals surface area (Å²) in [4.78, 5) is 16.9. The van der Waals surface area contributed by atoms with E-state index in [0.717, 1.165) is 17.7 Å². The number of hydrogen-bond donors (Lipinski definition) is 2. The van der Waals surface area contributed by atoms with E-state index in [1.165, 1.54) is 22.9 Å². The van der Waals surface area contributed by atoms with Crippen LogP contribution >= 0.6 is 11.8 Å². The summed E-state index contributed by atoms with van der Waals surface area (Å²) in [5.74, 6) is 0.635. The normalized spacial score (nSPS) is 12.0.